The number of carbonyl (C=O) groups excluding carboxylic acids is 4. The molecular formula is C20H20ClN3O5. The fourth-order valence-corrected chi connectivity index (χ4v) is 4.01. The molecule has 2 aliphatic rings. The smallest absolute Gasteiger partial charge is 0.329 e. The van der Waals surface area contributed by atoms with Crippen LogP contribution in [0.5, 0.6) is 0 Å². The van der Waals surface area contributed by atoms with Crippen LogP contribution in [0.3, 0.4) is 0 Å². The topological polar surface area (TPSA) is 117 Å². The van der Waals surface area contributed by atoms with Crippen LogP contribution in [0.4, 0.5) is 5.69 Å². The second-order valence-corrected chi connectivity index (χ2v) is 7.61. The number of nitriles is 1. The molecule has 1 saturated carbocycles. The lowest BCUT2D eigenvalue weighted by atomic mass is 9.81. The molecule has 9 heteroatoms. The lowest BCUT2D eigenvalue weighted by Gasteiger charge is -2.21. The highest BCUT2D eigenvalue weighted by Gasteiger charge is 2.51. The van der Waals surface area contributed by atoms with Crippen molar-refractivity contribution >= 4 is 41.0 Å². The van der Waals surface area contributed by atoms with Gasteiger partial charge in [0.1, 0.15) is 12.1 Å². The van der Waals surface area contributed by atoms with Crippen LogP contribution in [0.15, 0.2) is 18.2 Å². The number of anilines is 1. The maximum absolute atomic E-state index is 12.6. The summed E-state index contributed by atoms with van der Waals surface area (Å²) in [4.78, 5) is 50.5. The number of hydrogen-bond donors (Lipinski definition) is 1. The van der Waals surface area contributed by atoms with Gasteiger partial charge < -0.3 is 10.1 Å². The van der Waals surface area contributed by atoms with Crippen molar-refractivity contribution in [3.63, 3.8) is 0 Å². The fourth-order valence-electron chi connectivity index (χ4n) is 3.84. The van der Waals surface area contributed by atoms with Gasteiger partial charge in [-0.3, -0.25) is 19.3 Å². The zero-order valence-corrected chi connectivity index (χ0v) is 16.6. The van der Waals surface area contributed by atoms with Crippen molar-refractivity contribution < 1.29 is 23.9 Å². The van der Waals surface area contributed by atoms with Crippen LogP contribution in [-0.2, 0) is 23.9 Å². The number of rotatable bonds is 5. The monoisotopic (exact) mass is 417 g/mol. The number of likely N-dealkylation sites (tertiary alicyclic amines) is 1. The van der Waals surface area contributed by atoms with Gasteiger partial charge in [-0.05, 0) is 38.0 Å². The minimum atomic E-state index is -1.10. The summed E-state index contributed by atoms with van der Waals surface area (Å²) in [5, 5.41) is 11.9. The van der Waals surface area contributed by atoms with Gasteiger partial charge in [-0.2, -0.15) is 5.26 Å². The summed E-state index contributed by atoms with van der Waals surface area (Å²) in [7, 11) is 0. The number of hydrogen-bond acceptors (Lipinski definition) is 6. The molecule has 0 aromatic heterocycles. The zero-order chi connectivity index (χ0) is 21.1. The van der Waals surface area contributed by atoms with Crippen molar-refractivity contribution in [2.24, 2.45) is 11.8 Å². The summed E-state index contributed by atoms with van der Waals surface area (Å²) in [6.07, 6.45) is 3.08. The third kappa shape index (κ3) is 4.25. The first-order valence-electron chi connectivity index (χ1n) is 9.36. The third-order valence-electron chi connectivity index (χ3n) is 5.33. The Kier molecular flexibility index (Phi) is 6.18. The molecule has 152 valence electrons. The van der Waals surface area contributed by atoms with E-state index in [1.807, 2.05) is 6.07 Å². The molecule has 1 heterocycles. The Bertz CT molecular complexity index is 886. The Morgan fingerprint density at radius 1 is 1.28 bits per heavy atom. The van der Waals surface area contributed by atoms with Gasteiger partial charge in [0.25, 0.3) is 5.91 Å². The number of nitrogens with zero attached hydrogens (tertiary/aromatic N) is 2. The first kappa shape index (κ1) is 20.8. The summed E-state index contributed by atoms with van der Waals surface area (Å²) < 4.78 is 4.99. The number of benzene rings is 1. The zero-order valence-electron chi connectivity index (χ0n) is 15.8. The molecule has 0 radical (unpaired) electrons. The van der Waals surface area contributed by atoms with E-state index >= 15 is 0 Å². The largest absolute Gasteiger partial charge is 0.454 e. The van der Waals surface area contributed by atoms with E-state index < -0.39 is 24.5 Å². The maximum atomic E-state index is 12.6. The molecule has 1 aliphatic heterocycles. The van der Waals surface area contributed by atoms with E-state index in [2.05, 4.69) is 5.32 Å². The molecule has 3 atom stereocenters. The summed E-state index contributed by atoms with van der Waals surface area (Å²) >= 11 is 5.86. The van der Waals surface area contributed by atoms with Crippen LogP contribution in [0.25, 0.3) is 0 Å². The number of imide groups is 1. The minimum absolute atomic E-state index is 0.197. The number of esters is 1. The molecule has 0 unspecified atom stereocenters. The number of ether oxygens (including phenoxy) is 1. The van der Waals surface area contributed by atoms with E-state index in [9.17, 15) is 19.2 Å². The van der Waals surface area contributed by atoms with Crippen LogP contribution in [0, 0.1) is 23.2 Å². The first-order chi connectivity index (χ1) is 13.8. The highest BCUT2D eigenvalue weighted by atomic mass is 35.5. The molecule has 1 aromatic rings. The number of halogens is 1. The molecule has 1 aliphatic carbocycles. The van der Waals surface area contributed by atoms with Crippen molar-refractivity contribution in [2.75, 3.05) is 11.9 Å². The molecule has 0 bridgehead atoms. The Balaban J connectivity index is 1.58. The van der Waals surface area contributed by atoms with Gasteiger partial charge in [0, 0.05) is 5.02 Å². The quantitative estimate of drug-likeness (QED) is 0.580. The average Bonchev–Trinajstić information content (AvgIpc) is 2.96. The Labute approximate surface area is 172 Å². The molecule has 2 fully saturated rings. The van der Waals surface area contributed by atoms with E-state index in [1.54, 1.807) is 0 Å². The summed E-state index contributed by atoms with van der Waals surface area (Å²) in [5.41, 5.74) is 0.404. The normalized spacial score (nSPS) is 21.9. The number of carbonyl (C=O) groups is 4. The lowest BCUT2D eigenvalue weighted by molar-refractivity contribution is -0.159. The molecule has 3 amide bonds. The fraction of sp³-hybridized carbons (Fsp3) is 0.450. The highest BCUT2D eigenvalue weighted by Crippen LogP contribution is 2.38. The molecule has 0 spiro atoms. The Morgan fingerprint density at radius 3 is 2.48 bits per heavy atom. The summed E-state index contributed by atoms with van der Waals surface area (Å²) in [6.45, 7) is 0.793. The van der Waals surface area contributed by atoms with Crippen molar-refractivity contribution in [3.05, 3.63) is 28.8 Å². The van der Waals surface area contributed by atoms with Gasteiger partial charge in [-0.25, -0.2) is 4.79 Å². The predicted octanol–water partition coefficient (Wildman–Crippen LogP) is 2.26. The molecule has 1 saturated heterocycles. The minimum Gasteiger partial charge on any atom is -0.454 e. The maximum Gasteiger partial charge on any atom is 0.329 e. The van der Waals surface area contributed by atoms with Crippen LogP contribution in [0.1, 0.15) is 38.2 Å². The SMILES string of the molecule is C[C@@H](C(=O)OCC(=O)Nc1cc(Cl)ccc1C#N)N1C(=O)[C@@H]2CCCC[C@H]2C1=O. The average molecular weight is 418 g/mol. The number of nitrogens with one attached hydrogen (secondary N) is 1. The van der Waals surface area contributed by atoms with Crippen LogP contribution >= 0.6 is 11.6 Å². The van der Waals surface area contributed by atoms with Gasteiger partial charge in [-0.1, -0.05) is 24.4 Å². The van der Waals surface area contributed by atoms with Crippen molar-refractivity contribution in [1.29, 1.82) is 5.26 Å². The van der Waals surface area contributed by atoms with Crippen molar-refractivity contribution in [3.8, 4) is 6.07 Å². The van der Waals surface area contributed by atoms with Crippen molar-refractivity contribution in [1.82, 2.24) is 4.90 Å². The van der Waals surface area contributed by atoms with Gasteiger partial charge >= 0.3 is 5.97 Å². The van der Waals surface area contributed by atoms with Gasteiger partial charge in [-0.15, -0.1) is 0 Å². The van der Waals surface area contributed by atoms with E-state index in [0.29, 0.717) is 17.9 Å². The standard InChI is InChI=1S/C20H20ClN3O5/c1-11(24-18(26)14-4-2-3-5-15(14)19(24)27)20(28)29-10-17(25)23-16-8-13(21)7-6-12(16)9-22/h6-8,11,14-15H,2-5,10H2,1H3,(H,23,25)/t11-,14+,15+/m0/s1. The predicted molar refractivity (Wildman–Crippen MR) is 103 cm³/mol. The molecule has 1 aromatic carbocycles. The van der Waals surface area contributed by atoms with Crippen LogP contribution in [-0.4, -0.2) is 41.2 Å². The van der Waals surface area contributed by atoms with E-state index in [1.165, 1.54) is 25.1 Å². The second-order valence-electron chi connectivity index (χ2n) is 7.18. The van der Waals surface area contributed by atoms with Gasteiger partial charge in [0.2, 0.25) is 11.8 Å². The molecule has 3 rings (SSSR count). The number of fused-ring (bicyclic) bond motifs is 1. The molecular weight excluding hydrogens is 398 g/mol. The van der Waals surface area contributed by atoms with Crippen molar-refractivity contribution in [2.45, 2.75) is 38.6 Å². The third-order valence-corrected chi connectivity index (χ3v) is 5.56. The van der Waals surface area contributed by atoms with Gasteiger partial charge in [0.15, 0.2) is 6.61 Å². The molecule has 8 nitrogen and oxygen atoms in total. The van der Waals surface area contributed by atoms with E-state index in [0.717, 1.165) is 17.7 Å². The lowest BCUT2D eigenvalue weighted by Crippen LogP contribution is -2.45. The second kappa shape index (κ2) is 8.62. The van der Waals surface area contributed by atoms with Gasteiger partial charge in [0.05, 0.1) is 23.1 Å². The van der Waals surface area contributed by atoms with Crippen LogP contribution < -0.4 is 5.32 Å². The van der Waals surface area contributed by atoms with E-state index in [-0.39, 0.29) is 34.9 Å². The highest BCUT2D eigenvalue weighted by molar-refractivity contribution is 6.31. The molecule has 29 heavy (non-hydrogen) atoms. The summed E-state index contributed by atoms with van der Waals surface area (Å²) in [6, 6.07) is 5.19. The Morgan fingerprint density at radius 2 is 1.90 bits per heavy atom. The summed E-state index contributed by atoms with van der Waals surface area (Å²) in [5.74, 6) is -2.91. The first-order valence-corrected chi connectivity index (χ1v) is 9.74. The van der Waals surface area contributed by atoms with E-state index in [4.69, 9.17) is 21.6 Å². The Hall–Kier alpha value is -2.92. The molecule has 1 N–H and O–H groups in total. The number of amides is 3. The van der Waals surface area contributed by atoms with Crippen LogP contribution in [0.2, 0.25) is 5.02 Å².